The highest BCUT2D eigenvalue weighted by atomic mass is 35.5. The third-order valence-corrected chi connectivity index (χ3v) is 5.66. The van der Waals surface area contributed by atoms with Gasteiger partial charge < -0.3 is 10.4 Å². The second-order valence-corrected chi connectivity index (χ2v) is 7.78. The highest BCUT2D eigenvalue weighted by Gasteiger charge is 2.19. The summed E-state index contributed by atoms with van der Waals surface area (Å²) in [4.78, 5) is 28.5. The van der Waals surface area contributed by atoms with Crippen LogP contribution in [0.25, 0.3) is 11.1 Å². The molecule has 2 heterocycles. The maximum Gasteiger partial charge on any atom is 0.309 e. The van der Waals surface area contributed by atoms with Gasteiger partial charge >= 0.3 is 5.97 Å². The van der Waals surface area contributed by atoms with E-state index in [1.165, 1.54) is 11.8 Å². The van der Waals surface area contributed by atoms with Crippen LogP contribution in [0.4, 0.5) is 0 Å². The number of carbonyl (C=O) groups is 2. The minimum Gasteiger partial charge on any atom is -0.481 e. The summed E-state index contributed by atoms with van der Waals surface area (Å²) in [5, 5.41) is 14.3. The minimum absolute atomic E-state index is 0. The number of aliphatic carboxylic acids is 1. The van der Waals surface area contributed by atoms with E-state index in [2.05, 4.69) is 10.3 Å². The number of nitrogens with one attached hydrogen (secondary N) is 1. The Balaban J connectivity index is 0.00000289. The molecule has 2 aromatic rings. The summed E-state index contributed by atoms with van der Waals surface area (Å²) in [6.07, 6.45) is 9.27. The van der Waals surface area contributed by atoms with Crippen molar-refractivity contribution in [2.75, 3.05) is 0 Å². The predicted octanol–water partition coefficient (Wildman–Crippen LogP) is 3.32. The maximum absolute atomic E-state index is 12.7. The van der Waals surface area contributed by atoms with E-state index in [0.29, 0.717) is 10.5 Å². The Kier molecular flexibility index (Phi) is 7.87. The van der Waals surface area contributed by atoms with Crippen molar-refractivity contribution in [3.05, 3.63) is 112 Å². The number of nitrogens with zero attached hydrogens (tertiary/aromatic N) is 1. The first-order valence-electron chi connectivity index (χ1n) is 9.65. The number of amides is 1. The van der Waals surface area contributed by atoms with Crippen LogP contribution < -0.4 is 15.8 Å². The first kappa shape index (κ1) is 23.3. The van der Waals surface area contributed by atoms with Crippen LogP contribution >= 0.6 is 24.2 Å². The van der Waals surface area contributed by atoms with Gasteiger partial charge in [0.25, 0.3) is 5.91 Å². The molecule has 0 aromatic heterocycles. The maximum atomic E-state index is 12.7. The number of thioether (sulfide) groups is 1. The zero-order valence-electron chi connectivity index (χ0n) is 16.9. The van der Waals surface area contributed by atoms with Crippen LogP contribution in [0, 0.1) is 5.75 Å². The SMILES string of the molecule is Cl.O=C(O)CC(=NC(=O)C1=CC(=c2ccc(=C3C=CNC=C3)cc2)[CH]S1)c1ccccc1. The van der Waals surface area contributed by atoms with Crippen molar-refractivity contribution in [3.8, 4) is 0 Å². The molecule has 2 aromatic carbocycles. The van der Waals surface area contributed by atoms with Gasteiger partial charge in [0.15, 0.2) is 0 Å². The lowest BCUT2D eigenvalue weighted by Gasteiger charge is -2.04. The van der Waals surface area contributed by atoms with E-state index in [9.17, 15) is 14.7 Å². The van der Waals surface area contributed by atoms with Gasteiger partial charge in [0.1, 0.15) is 0 Å². The lowest BCUT2D eigenvalue weighted by molar-refractivity contribution is -0.135. The molecule has 4 rings (SSSR count). The molecule has 2 aliphatic heterocycles. The second-order valence-electron chi connectivity index (χ2n) is 6.87. The molecule has 0 spiro atoms. The molecule has 0 saturated carbocycles. The fourth-order valence-electron chi connectivity index (χ4n) is 3.19. The smallest absolute Gasteiger partial charge is 0.309 e. The monoisotopic (exact) mass is 463 g/mol. The summed E-state index contributed by atoms with van der Waals surface area (Å²) in [7, 11) is 0. The van der Waals surface area contributed by atoms with Crippen molar-refractivity contribution in [2.24, 2.45) is 4.99 Å². The molecule has 2 N–H and O–H groups in total. The van der Waals surface area contributed by atoms with E-state index in [-0.39, 0.29) is 24.5 Å². The average molecular weight is 464 g/mol. The Hall–Kier alpha value is -3.35. The van der Waals surface area contributed by atoms with Crippen molar-refractivity contribution in [3.63, 3.8) is 0 Å². The van der Waals surface area contributed by atoms with Crippen LogP contribution in [0.3, 0.4) is 0 Å². The molecule has 1 radical (unpaired) electrons. The van der Waals surface area contributed by atoms with E-state index < -0.39 is 11.9 Å². The molecule has 1 amide bonds. The predicted molar refractivity (Wildman–Crippen MR) is 131 cm³/mol. The quantitative estimate of drug-likeness (QED) is 0.680. The van der Waals surface area contributed by atoms with Gasteiger partial charge in [0, 0.05) is 12.4 Å². The van der Waals surface area contributed by atoms with Gasteiger partial charge in [-0.3, -0.25) is 9.59 Å². The van der Waals surface area contributed by atoms with Crippen LogP contribution in [-0.4, -0.2) is 22.7 Å². The fourth-order valence-corrected chi connectivity index (χ4v) is 3.99. The van der Waals surface area contributed by atoms with E-state index in [1.807, 2.05) is 60.6 Å². The summed E-state index contributed by atoms with van der Waals surface area (Å²) < 4.78 is 0. The van der Waals surface area contributed by atoms with Gasteiger partial charge in [0.05, 0.1) is 22.8 Å². The van der Waals surface area contributed by atoms with Gasteiger partial charge in [-0.1, -0.05) is 54.6 Å². The lowest BCUT2D eigenvalue weighted by atomic mass is 10.1. The Labute approximate surface area is 196 Å². The fraction of sp³-hybridized carbons (Fsp3) is 0.0400. The highest BCUT2D eigenvalue weighted by molar-refractivity contribution is 8.06. The van der Waals surface area contributed by atoms with Crippen molar-refractivity contribution in [1.29, 1.82) is 0 Å². The highest BCUT2D eigenvalue weighted by Crippen LogP contribution is 2.34. The standard InChI is InChI=1S/C25H19N2O3S.ClH/c28-24(29)15-22(20-4-2-1-3-5-20)27-25(30)23-14-21(16-31-23)18-8-6-17(7-9-18)19-10-12-26-13-11-19;/h1-14,16,26H,15H2,(H,28,29);1H. The van der Waals surface area contributed by atoms with Crippen molar-refractivity contribution >= 4 is 52.9 Å². The number of hydrogen-bond donors (Lipinski definition) is 2. The summed E-state index contributed by atoms with van der Waals surface area (Å²) in [6.45, 7) is 0. The molecular weight excluding hydrogens is 444 g/mol. The van der Waals surface area contributed by atoms with Crippen LogP contribution in [0.5, 0.6) is 0 Å². The second kappa shape index (κ2) is 10.8. The number of dihydropyridines is 1. The van der Waals surface area contributed by atoms with Gasteiger partial charge in [-0.2, -0.15) is 0 Å². The molecule has 0 unspecified atom stereocenters. The number of aliphatic imine (C=N–C) groups is 1. The Morgan fingerprint density at radius 3 is 2.16 bits per heavy atom. The zero-order chi connectivity index (χ0) is 21.6. The number of carboxylic acid groups (broad SMARTS) is 1. The molecule has 0 fully saturated rings. The largest absolute Gasteiger partial charge is 0.481 e. The van der Waals surface area contributed by atoms with Crippen LogP contribution in [0.2, 0.25) is 0 Å². The Morgan fingerprint density at radius 1 is 0.906 bits per heavy atom. The number of allylic oxidation sites excluding steroid dienone is 3. The minimum atomic E-state index is -1.03. The molecule has 0 aliphatic carbocycles. The summed E-state index contributed by atoms with van der Waals surface area (Å²) >= 11 is 1.30. The van der Waals surface area contributed by atoms with Gasteiger partial charge in [0.2, 0.25) is 0 Å². The number of rotatable bonds is 4. The number of halogens is 1. The normalized spacial score (nSPS) is 15.1. The molecule has 161 valence electrons. The molecule has 7 heteroatoms. The van der Waals surface area contributed by atoms with Crippen LogP contribution in [-0.2, 0) is 9.59 Å². The third kappa shape index (κ3) is 5.66. The average Bonchev–Trinajstić information content (AvgIpc) is 3.30. The molecule has 0 bridgehead atoms. The number of carboxylic acids is 1. The number of hydrogen-bond acceptors (Lipinski definition) is 4. The van der Waals surface area contributed by atoms with E-state index in [1.54, 1.807) is 30.3 Å². The van der Waals surface area contributed by atoms with Gasteiger partial charge in [-0.25, -0.2) is 4.99 Å². The number of carbonyl (C=O) groups excluding carboxylic acids is 1. The first-order valence-corrected chi connectivity index (χ1v) is 10.5. The summed E-state index contributed by atoms with van der Waals surface area (Å²) in [6, 6.07) is 17.0. The zero-order valence-corrected chi connectivity index (χ0v) is 18.5. The molecule has 32 heavy (non-hydrogen) atoms. The Bertz CT molecular complexity index is 1240. The molecule has 2 aliphatic rings. The van der Waals surface area contributed by atoms with Crippen LogP contribution in [0.1, 0.15) is 12.0 Å². The van der Waals surface area contributed by atoms with Crippen molar-refractivity contribution < 1.29 is 14.7 Å². The lowest BCUT2D eigenvalue weighted by Crippen LogP contribution is -2.12. The van der Waals surface area contributed by atoms with E-state index in [0.717, 1.165) is 21.6 Å². The molecule has 0 saturated heterocycles. The Morgan fingerprint density at radius 2 is 1.53 bits per heavy atom. The van der Waals surface area contributed by atoms with Gasteiger partial charge in [-0.05, 0) is 45.4 Å². The van der Waals surface area contributed by atoms with Crippen LogP contribution in [0.15, 0.2) is 95.1 Å². The van der Waals surface area contributed by atoms with Crippen molar-refractivity contribution in [2.45, 2.75) is 6.42 Å². The van der Waals surface area contributed by atoms with Gasteiger partial charge in [-0.15, -0.1) is 24.2 Å². The van der Waals surface area contributed by atoms with E-state index in [4.69, 9.17) is 0 Å². The molecule has 0 atom stereocenters. The van der Waals surface area contributed by atoms with Crippen molar-refractivity contribution in [1.82, 2.24) is 5.32 Å². The first-order chi connectivity index (χ1) is 15.1. The number of benzene rings is 2. The topological polar surface area (TPSA) is 78.8 Å². The summed E-state index contributed by atoms with van der Waals surface area (Å²) in [5.41, 5.74) is 2.92. The molecule has 5 nitrogen and oxygen atoms in total. The van der Waals surface area contributed by atoms with E-state index >= 15 is 0 Å². The summed E-state index contributed by atoms with van der Waals surface area (Å²) in [5.74, 6) is 0.446. The molecular formula is C25H20ClN2O3S. The third-order valence-electron chi connectivity index (χ3n) is 4.74.